The number of methoxy groups -OCH3 is 1. The van der Waals surface area contributed by atoms with Crippen molar-refractivity contribution in [2.45, 2.75) is 0 Å². The second-order valence-corrected chi connectivity index (χ2v) is 7.51. The first-order chi connectivity index (χ1) is 16.8. The Morgan fingerprint density at radius 1 is 1.11 bits per heavy atom. The van der Waals surface area contributed by atoms with Gasteiger partial charge in [0.15, 0.2) is 28.9 Å². The molecule has 8 nitrogen and oxygen atoms in total. The number of fused-ring (bicyclic) bond motifs is 1. The third-order valence-electron chi connectivity index (χ3n) is 4.99. The Bertz CT molecular complexity index is 1430. The van der Waals surface area contributed by atoms with Crippen molar-refractivity contribution in [1.29, 1.82) is 0 Å². The molecule has 180 valence electrons. The fraction of sp³-hybridized carbons (Fsp3) is 0.125. The van der Waals surface area contributed by atoms with E-state index in [1.54, 1.807) is 6.07 Å². The highest BCUT2D eigenvalue weighted by molar-refractivity contribution is 6.33. The average Bonchev–Trinajstić information content (AvgIpc) is 2.86. The molecular formula is C24H18ClF2N3O5. The van der Waals surface area contributed by atoms with Crippen molar-refractivity contribution in [2.24, 2.45) is 5.73 Å². The average molecular weight is 502 g/mol. The standard InChI is InChI=1S/C24H18ClF2N3O5/c1-33-18-11-16-13(10-19(18)34-8-7-31)17(4-6-29-16)35-23-15(26)9-14(20(25)21(23)27)22-12(24(28)32)3-2-5-30-22/h2-6,9-11,31H,7-8H2,1H3,(H2,28,32). The maximum Gasteiger partial charge on any atom is 0.250 e. The van der Waals surface area contributed by atoms with Gasteiger partial charge in [0, 0.05) is 29.4 Å². The van der Waals surface area contributed by atoms with Crippen LogP contribution in [-0.4, -0.2) is 41.3 Å². The predicted octanol–water partition coefficient (Wildman–Crippen LogP) is 4.50. The minimum atomic E-state index is -1.20. The van der Waals surface area contributed by atoms with Crippen molar-refractivity contribution in [2.75, 3.05) is 20.3 Å². The van der Waals surface area contributed by atoms with Gasteiger partial charge in [0.05, 0.1) is 35.5 Å². The van der Waals surface area contributed by atoms with Gasteiger partial charge in [-0.15, -0.1) is 0 Å². The summed E-state index contributed by atoms with van der Waals surface area (Å²) < 4.78 is 46.7. The summed E-state index contributed by atoms with van der Waals surface area (Å²) in [4.78, 5) is 20.0. The third-order valence-corrected chi connectivity index (χ3v) is 5.36. The molecule has 0 radical (unpaired) electrons. The number of primary amides is 1. The Labute approximate surface area is 202 Å². The van der Waals surface area contributed by atoms with E-state index in [1.807, 2.05) is 0 Å². The Hall–Kier alpha value is -4.02. The first kappa shape index (κ1) is 24.1. The molecule has 0 aliphatic rings. The van der Waals surface area contributed by atoms with Crippen molar-refractivity contribution in [3.63, 3.8) is 0 Å². The molecule has 0 atom stereocenters. The number of ether oxygens (including phenoxy) is 3. The van der Waals surface area contributed by atoms with Crippen LogP contribution in [-0.2, 0) is 0 Å². The van der Waals surface area contributed by atoms with E-state index in [9.17, 15) is 4.79 Å². The highest BCUT2D eigenvalue weighted by Crippen LogP contribution is 2.41. The fourth-order valence-electron chi connectivity index (χ4n) is 3.42. The van der Waals surface area contributed by atoms with Crippen LogP contribution in [0.2, 0.25) is 5.02 Å². The van der Waals surface area contributed by atoms with E-state index < -0.39 is 28.3 Å². The molecule has 11 heteroatoms. The smallest absolute Gasteiger partial charge is 0.250 e. The summed E-state index contributed by atoms with van der Waals surface area (Å²) in [7, 11) is 1.44. The maximum atomic E-state index is 15.3. The number of carbonyl (C=O) groups excluding carboxylic acids is 1. The monoisotopic (exact) mass is 501 g/mol. The predicted molar refractivity (Wildman–Crippen MR) is 124 cm³/mol. The van der Waals surface area contributed by atoms with Crippen molar-refractivity contribution in [3.8, 4) is 34.3 Å². The highest BCUT2D eigenvalue weighted by Gasteiger charge is 2.24. The van der Waals surface area contributed by atoms with Crippen LogP contribution in [0.15, 0.2) is 48.8 Å². The topological polar surface area (TPSA) is 117 Å². The largest absolute Gasteiger partial charge is 0.493 e. The molecule has 2 aromatic heterocycles. The summed E-state index contributed by atoms with van der Waals surface area (Å²) in [5.41, 5.74) is 5.48. The van der Waals surface area contributed by atoms with Gasteiger partial charge in [-0.25, -0.2) is 8.78 Å². The van der Waals surface area contributed by atoms with Gasteiger partial charge in [0.25, 0.3) is 5.91 Å². The maximum absolute atomic E-state index is 15.3. The van der Waals surface area contributed by atoms with E-state index >= 15 is 8.78 Å². The molecule has 0 unspecified atom stereocenters. The van der Waals surface area contributed by atoms with E-state index in [0.29, 0.717) is 16.7 Å². The summed E-state index contributed by atoms with van der Waals surface area (Å²) in [6.07, 6.45) is 2.73. The lowest BCUT2D eigenvalue weighted by Gasteiger charge is -2.15. The molecule has 0 saturated heterocycles. The molecule has 0 aliphatic heterocycles. The molecule has 2 aromatic carbocycles. The van der Waals surface area contributed by atoms with E-state index in [4.69, 9.17) is 36.7 Å². The lowest BCUT2D eigenvalue weighted by molar-refractivity contribution is 0.100. The first-order valence-corrected chi connectivity index (χ1v) is 10.5. The zero-order valence-corrected chi connectivity index (χ0v) is 19.0. The van der Waals surface area contributed by atoms with Crippen LogP contribution in [0.5, 0.6) is 23.0 Å². The number of nitrogens with two attached hydrogens (primary N) is 1. The molecular weight excluding hydrogens is 484 g/mol. The number of aliphatic hydroxyl groups excluding tert-OH is 1. The number of amides is 1. The number of aliphatic hydroxyl groups is 1. The van der Waals surface area contributed by atoms with Crippen LogP contribution in [0.3, 0.4) is 0 Å². The molecule has 0 spiro atoms. The van der Waals surface area contributed by atoms with Crippen LogP contribution in [0.4, 0.5) is 8.78 Å². The van der Waals surface area contributed by atoms with E-state index in [-0.39, 0.29) is 41.5 Å². The molecule has 2 heterocycles. The molecule has 0 bridgehead atoms. The Morgan fingerprint density at radius 2 is 1.91 bits per heavy atom. The second kappa shape index (κ2) is 10.1. The summed E-state index contributed by atoms with van der Waals surface area (Å²) in [6, 6.07) is 8.24. The van der Waals surface area contributed by atoms with E-state index in [0.717, 1.165) is 6.07 Å². The van der Waals surface area contributed by atoms with Crippen LogP contribution in [0.1, 0.15) is 10.4 Å². The summed E-state index contributed by atoms with van der Waals surface area (Å²) in [5, 5.41) is 8.92. The zero-order valence-electron chi connectivity index (χ0n) is 18.2. The first-order valence-electron chi connectivity index (χ1n) is 10.2. The number of carbonyl (C=O) groups is 1. The number of benzene rings is 2. The molecule has 1 amide bonds. The van der Waals surface area contributed by atoms with Crippen molar-refractivity contribution in [1.82, 2.24) is 9.97 Å². The van der Waals surface area contributed by atoms with Crippen LogP contribution < -0.4 is 19.9 Å². The lowest BCUT2D eigenvalue weighted by atomic mass is 10.0. The number of nitrogens with zero attached hydrogens (tertiary/aromatic N) is 2. The Balaban J connectivity index is 1.81. The van der Waals surface area contributed by atoms with Gasteiger partial charge >= 0.3 is 0 Å². The molecule has 4 aromatic rings. The van der Waals surface area contributed by atoms with Crippen LogP contribution in [0, 0.1) is 11.6 Å². The van der Waals surface area contributed by atoms with Crippen molar-refractivity contribution in [3.05, 3.63) is 71.0 Å². The fourth-order valence-corrected chi connectivity index (χ4v) is 3.65. The van der Waals surface area contributed by atoms with Crippen molar-refractivity contribution < 1.29 is 32.9 Å². The number of rotatable bonds is 8. The number of aromatic nitrogens is 2. The van der Waals surface area contributed by atoms with Crippen LogP contribution in [0.25, 0.3) is 22.2 Å². The molecule has 3 N–H and O–H groups in total. The highest BCUT2D eigenvalue weighted by atomic mass is 35.5. The van der Waals surface area contributed by atoms with Gasteiger partial charge in [-0.1, -0.05) is 11.6 Å². The van der Waals surface area contributed by atoms with Gasteiger partial charge in [0.1, 0.15) is 12.4 Å². The number of hydrogen-bond donors (Lipinski definition) is 2. The molecule has 0 saturated carbocycles. The van der Waals surface area contributed by atoms with Gasteiger partial charge < -0.3 is 25.1 Å². The van der Waals surface area contributed by atoms with Crippen molar-refractivity contribution >= 4 is 28.4 Å². The third kappa shape index (κ3) is 4.66. The second-order valence-electron chi connectivity index (χ2n) is 7.13. The Kier molecular flexibility index (Phi) is 6.94. The summed E-state index contributed by atoms with van der Waals surface area (Å²) in [5.74, 6) is -3.20. The van der Waals surface area contributed by atoms with Gasteiger partial charge in [0.2, 0.25) is 0 Å². The van der Waals surface area contributed by atoms with Gasteiger partial charge in [-0.2, -0.15) is 0 Å². The zero-order chi connectivity index (χ0) is 25.1. The molecule has 35 heavy (non-hydrogen) atoms. The molecule has 4 rings (SSSR count). The normalized spacial score (nSPS) is 10.9. The SMILES string of the molecule is COc1cc2nccc(Oc3c(F)cc(-c4ncccc4C(N)=O)c(Cl)c3F)c2cc1OCCO. The van der Waals surface area contributed by atoms with Crippen LogP contribution >= 0.6 is 11.6 Å². The minimum Gasteiger partial charge on any atom is -0.493 e. The quantitative estimate of drug-likeness (QED) is 0.341. The molecule has 0 fully saturated rings. The minimum absolute atomic E-state index is 0.000538. The number of halogens is 3. The van der Waals surface area contributed by atoms with Gasteiger partial charge in [-0.05, 0) is 30.3 Å². The number of pyridine rings is 2. The summed E-state index contributed by atoms with van der Waals surface area (Å²) >= 11 is 6.20. The van der Waals surface area contributed by atoms with Gasteiger partial charge in [-0.3, -0.25) is 14.8 Å². The lowest BCUT2D eigenvalue weighted by Crippen LogP contribution is -2.13. The summed E-state index contributed by atoms with van der Waals surface area (Å²) in [6.45, 7) is -0.230. The van der Waals surface area contributed by atoms with E-state index in [1.165, 1.54) is 43.8 Å². The molecule has 0 aliphatic carbocycles. The Morgan fingerprint density at radius 3 is 2.63 bits per heavy atom. The number of hydrogen-bond acceptors (Lipinski definition) is 7. The van der Waals surface area contributed by atoms with E-state index in [2.05, 4.69) is 9.97 Å².